The quantitative estimate of drug-likeness (QED) is 0.669. The summed E-state index contributed by atoms with van der Waals surface area (Å²) in [4.78, 5) is 6.38. The van der Waals surface area contributed by atoms with Gasteiger partial charge >= 0.3 is 0 Å². The van der Waals surface area contributed by atoms with E-state index in [9.17, 15) is 4.39 Å². The first-order valence-corrected chi connectivity index (χ1v) is 8.69. The number of aromatic nitrogens is 3. The molecule has 1 fully saturated rings. The lowest BCUT2D eigenvalue weighted by atomic mass is 10.0. The highest BCUT2D eigenvalue weighted by Gasteiger charge is 2.25. The minimum Gasteiger partial charge on any atom is -0.354 e. The van der Waals surface area contributed by atoms with Crippen molar-refractivity contribution in [1.82, 2.24) is 20.5 Å². The van der Waals surface area contributed by atoms with Crippen LogP contribution in [-0.4, -0.2) is 47.4 Å². The molecule has 0 radical (unpaired) electrons. The van der Waals surface area contributed by atoms with E-state index in [2.05, 4.69) is 25.4 Å². The third kappa shape index (κ3) is 3.18. The van der Waals surface area contributed by atoms with E-state index in [0.29, 0.717) is 6.54 Å². The lowest BCUT2D eigenvalue weighted by Gasteiger charge is -2.34. The molecule has 1 unspecified atom stereocenters. The number of halogens is 1. The monoisotopic (exact) mass is 352 g/mol. The van der Waals surface area contributed by atoms with Gasteiger partial charge in [-0.25, -0.2) is 4.39 Å². The summed E-state index contributed by atoms with van der Waals surface area (Å²) in [5.74, 6) is 0.693. The van der Waals surface area contributed by atoms with Crippen molar-refractivity contribution in [3.05, 3.63) is 54.6 Å². The fourth-order valence-corrected chi connectivity index (χ4v) is 3.36. The summed E-state index contributed by atoms with van der Waals surface area (Å²) in [5, 5.41) is 11.2. The van der Waals surface area contributed by atoms with Gasteiger partial charge in [-0.3, -0.25) is 10.1 Å². The zero-order valence-electron chi connectivity index (χ0n) is 14.3. The summed E-state index contributed by atoms with van der Waals surface area (Å²) >= 11 is 0. The predicted octanol–water partition coefficient (Wildman–Crippen LogP) is 2.01. The molecule has 2 aromatic heterocycles. The van der Waals surface area contributed by atoms with Gasteiger partial charge < -0.3 is 16.0 Å². The van der Waals surface area contributed by atoms with E-state index < -0.39 is 0 Å². The number of rotatable bonds is 4. The van der Waals surface area contributed by atoms with Crippen LogP contribution in [0.4, 0.5) is 10.2 Å². The molecule has 0 spiro atoms. The first-order chi connectivity index (χ1) is 12.8. The van der Waals surface area contributed by atoms with E-state index in [0.717, 1.165) is 47.8 Å². The number of anilines is 1. The Balaban J connectivity index is 1.81. The van der Waals surface area contributed by atoms with Gasteiger partial charge in [-0.2, -0.15) is 5.10 Å². The topological polar surface area (TPSA) is 82.9 Å². The molecule has 4 rings (SSSR count). The predicted molar refractivity (Wildman–Crippen MR) is 100 cm³/mol. The van der Waals surface area contributed by atoms with Crippen LogP contribution < -0.4 is 16.0 Å². The highest BCUT2D eigenvalue weighted by Crippen LogP contribution is 2.37. The van der Waals surface area contributed by atoms with Crippen molar-refractivity contribution in [2.75, 3.05) is 31.1 Å². The Hall–Kier alpha value is -2.77. The summed E-state index contributed by atoms with van der Waals surface area (Å²) in [6, 6.07) is 10.6. The summed E-state index contributed by atoms with van der Waals surface area (Å²) in [5.41, 5.74) is 9.53. The number of benzene rings is 1. The van der Waals surface area contributed by atoms with Crippen molar-refractivity contribution < 1.29 is 4.39 Å². The van der Waals surface area contributed by atoms with Crippen molar-refractivity contribution in [2.24, 2.45) is 5.73 Å². The van der Waals surface area contributed by atoms with Gasteiger partial charge in [0.15, 0.2) is 0 Å². The number of aromatic amines is 1. The van der Waals surface area contributed by atoms with Crippen LogP contribution >= 0.6 is 0 Å². The van der Waals surface area contributed by atoms with Gasteiger partial charge in [-0.05, 0) is 42.0 Å². The first kappa shape index (κ1) is 16.7. The average molecular weight is 352 g/mol. The van der Waals surface area contributed by atoms with Crippen LogP contribution in [-0.2, 0) is 0 Å². The zero-order valence-corrected chi connectivity index (χ0v) is 14.3. The Kier molecular flexibility index (Phi) is 4.64. The van der Waals surface area contributed by atoms with Gasteiger partial charge in [0.05, 0.1) is 5.56 Å². The summed E-state index contributed by atoms with van der Waals surface area (Å²) in [6.07, 6.45) is 3.53. The summed E-state index contributed by atoms with van der Waals surface area (Å²) < 4.78 is 13.3. The largest absolute Gasteiger partial charge is 0.354 e. The maximum atomic E-state index is 13.3. The van der Waals surface area contributed by atoms with E-state index in [1.54, 1.807) is 24.5 Å². The standard InChI is InChI=1S/C19H21FN6/c20-15-3-1-14(2-4-15)18-17(13-5-7-22-8-6-13)19(25-24-18)26-10-9-23-16(11-21)12-26/h1-8,16,23H,9-12,21H2,(H,24,25). The summed E-state index contributed by atoms with van der Waals surface area (Å²) in [7, 11) is 0. The third-order valence-corrected chi connectivity index (χ3v) is 4.69. The van der Waals surface area contributed by atoms with E-state index in [-0.39, 0.29) is 11.9 Å². The Labute approximate surface area is 151 Å². The maximum Gasteiger partial charge on any atom is 0.132 e. The highest BCUT2D eigenvalue weighted by molar-refractivity contribution is 5.89. The van der Waals surface area contributed by atoms with Gasteiger partial charge in [-0.15, -0.1) is 0 Å². The number of nitrogens with two attached hydrogens (primary N) is 1. The first-order valence-electron chi connectivity index (χ1n) is 8.69. The molecule has 0 amide bonds. The van der Waals surface area contributed by atoms with Crippen LogP contribution in [0.1, 0.15) is 0 Å². The molecule has 134 valence electrons. The fraction of sp³-hybridized carbons (Fsp3) is 0.263. The van der Waals surface area contributed by atoms with Crippen LogP contribution in [0.25, 0.3) is 22.4 Å². The molecule has 3 heterocycles. The number of hydrogen-bond acceptors (Lipinski definition) is 5. The third-order valence-electron chi connectivity index (χ3n) is 4.69. The second-order valence-corrected chi connectivity index (χ2v) is 6.37. The van der Waals surface area contributed by atoms with E-state index in [1.807, 2.05) is 12.1 Å². The van der Waals surface area contributed by atoms with Gasteiger partial charge in [0.2, 0.25) is 0 Å². The van der Waals surface area contributed by atoms with Crippen LogP contribution in [0.2, 0.25) is 0 Å². The molecule has 6 nitrogen and oxygen atoms in total. The molecule has 26 heavy (non-hydrogen) atoms. The molecule has 1 saturated heterocycles. The van der Waals surface area contributed by atoms with Gasteiger partial charge in [0.25, 0.3) is 0 Å². The molecule has 1 aliphatic rings. The zero-order chi connectivity index (χ0) is 17.9. The highest BCUT2D eigenvalue weighted by atomic mass is 19.1. The maximum absolute atomic E-state index is 13.3. The lowest BCUT2D eigenvalue weighted by molar-refractivity contribution is 0.461. The minimum absolute atomic E-state index is 0.242. The molecule has 3 aromatic rings. The van der Waals surface area contributed by atoms with Crippen molar-refractivity contribution >= 4 is 5.82 Å². The van der Waals surface area contributed by atoms with Crippen LogP contribution in [0.5, 0.6) is 0 Å². The lowest BCUT2D eigenvalue weighted by Crippen LogP contribution is -2.54. The van der Waals surface area contributed by atoms with Crippen LogP contribution in [0.3, 0.4) is 0 Å². The SMILES string of the molecule is NCC1CN(c2[nH]nc(-c3ccc(F)cc3)c2-c2ccncc2)CCN1. The van der Waals surface area contributed by atoms with Crippen LogP contribution in [0.15, 0.2) is 48.8 Å². The number of H-pyrrole nitrogens is 1. The number of hydrogen-bond donors (Lipinski definition) is 3. The molecular weight excluding hydrogens is 331 g/mol. The van der Waals surface area contributed by atoms with Crippen LogP contribution in [0, 0.1) is 5.82 Å². The van der Waals surface area contributed by atoms with E-state index in [4.69, 9.17) is 5.73 Å². The molecule has 1 atom stereocenters. The number of nitrogens with one attached hydrogen (secondary N) is 2. The average Bonchev–Trinajstić information content (AvgIpc) is 3.14. The van der Waals surface area contributed by atoms with Crippen molar-refractivity contribution in [3.63, 3.8) is 0 Å². The second kappa shape index (κ2) is 7.23. The molecule has 0 bridgehead atoms. The molecular formula is C19H21FN6. The molecule has 1 aromatic carbocycles. The Bertz CT molecular complexity index is 861. The van der Waals surface area contributed by atoms with Gasteiger partial charge in [0.1, 0.15) is 17.3 Å². The normalized spacial score (nSPS) is 17.5. The molecule has 7 heteroatoms. The molecule has 1 aliphatic heterocycles. The van der Waals surface area contributed by atoms with E-state index in [1.165, 1.54) is 12.1 Å². The smallest absolute Gasteiger partial charge is 0.132 e. The fourth-order valence-electron chi connectivity index (χ4n) is 3.36. The van der Waals surface area contributed by atoms with Gasteiger partial charge in [-0.1, -0.05) is 0 Å². The number of piperazine rings is 1. The minimum atomic E-state index is -0.261. The number of nitrogens with zero attached hydrogens (tertiary/aromatic N) is 3. The molecule has 0 aliphatic carbocycles. The second-order valence-electron chi connectivity index (χ2n) is 6.37. The van der Waals surface area contributed by atoms with Crippen molar-refractivity contribution in [1.29, 1.82) is 0 Å². The Morgan fingerprint density at radius 2 is 1.88 bits per heavy atom. The molecule has 0 saturated carbocycles. The molecule has 4 N–H and O–H groups in total. The summed E-state index contributed by atoms with van der Waals surface area (Å²) in [6.45, 7) is 3.11. The number of pyridine rings is 1. The van der Waals surface area contributed by atoms with Crippen molar-refractivity contribution in [3.8, 4) is 22.4 Å². The van der Waals surface area contributed by atoms with E-state index >= 15 is 0 Å². The Morgan fingerprint density at radius 3 is 2.62 bits per heavy atom. The Morgan fingerprint density at radius 1 is 1.12 bits per heavy atom. The van der Waals surface area contributed by atoms with Crippen molar-refractivity contribution in [2.45, 2.75) is 6.04 Å². The van der Waals surface area contributed by atoms with Gasteiger partial charge in [0, 0.05) is 50.2 Å².